The molecule has 3 rings (SSSR count). The number of piperidine rings is 1. The molecule has 0 spiro atoms. The molecule has 148 valence electrons. The van der Waals surface area contributed by atoms with Crippen molar-refractivity contribution in [2.24, 2.45) is 5.92 Å². The van der Waals surface area contributed by atoms with Crippen LogP contribution in [0.15, 0.2) is 46.9 Å². The molecule has 1 fully saturated rings. The van der Waals surface area contributed by atoms with Gasteiger partial charge in [-0.15, -0.1) is 0 Å². The van der Waals surface area contributed by atoms with Crippen molar-refractivity contribution in [1.29, 1.82) is 0 Å². The minimum Gasteiger partial charge on any atom is -0.462 e. The van der Waals surface area contributed by atoms with Gasteiger partial charge in [0.2, 0.25) is 10.0 Å². The van der Waals surface area contributed by atoms with Crippen LogP contribution in [-0.4, -0.2) is 40.1 Å². The van der Waals surface area contributed by atoms with E-state index in [0.29, 0.717) is 19.1 Å². The highest BCUT2D eigenvalue weighted by molar-refractivity contribution is 7.88. The van der Waals surface area contributed by atoms with Crippen LogP contribution in [0, 0.1) is 5.92 Å². The van der Waals surface area contributed by atoms with Crippen molar-refractivity contribution in [3.05, 3.63) is 59.5 Å². The number of benzene rings is 1. The Balaban J connectivity index is 1.47. The maximum absolute atomic E-state index is 12.3. The van der Waals surface area contributed by atoms with E-state index >= 15 is 0 Å². The molecule has 1 atom stereocenters. The van der Waals surface area contributed by atoms with E-state index < -0.39 is 10.0 Å². The Labute approximate surface area is 161 Å². The molecule has 1 aromatic heterocycles. The lowest BCUT2D eigenvalue weighted by molar-refractivity contribution is 0.144. The largest absolute Gasteiger partial charge is 0.462 e. The maximum Gasteiger partial charge on any atom is 0.215 e. The summed E-state index contributed by atoms with van der Waals surface area (Å²) in [5.41, 5.74) is 0.806. The Bertz CT molecular complexity index is 804. The summed E-state index contributed by atoms with van der Waals surface area (Å²) >= 11 is 0. The third kappa shape index (κ3) is 6.46. The molecule has 0 bridgehead atoms. The van der Waals surface area contributed by atoms with E-state index in [1.54, 1.807) is 7.11 Å². The second kappa shape index (κ2) is 9.50. The van der Waals surface area contributed by atoms with Gasteiger partial charge in [-0.1, -0.05) is 30.3 Å². The zero-order valence-electron chi connectivity index (χ0n) is 15.8. The summed E-state index contributed by atoms with van der Waals surface area (Å²) in [5, 5.41) is 0. The first-order valence-electron chi connectivity index (χ1n) is 9.34. The number of hydrogen-bond acceptors (Lipinski definition) is 5. The molecule has 1 aliphatic rings. The summed E-state index contributed by atoms with van der Waals surface area (Å²) in [6.45, 7) is 3.59. The molecule has 7 heteroatoms. The Morgan fingerprint density at radius 2 is 1.96 bits per heavy atom. The Hall–Kier alpha value is -1.67. The number of nitrogens with zero attached hydrogens (tertiary/aromatic N) is 1. The minimum atomic E-state index is -3.31. The quantitative estimate of drug-likeness (QED) is 0.710. The monoisotopic (exact) mass is 392 g/mol. The van der Waals surface area contributed by atoms with E-state index in [0.717, 1.165) is 49.6 Å². The summed E-state index contributed by atoms with van der Waals surface area (Å²) in [6, 6.07) is 13.2. The smallest absolute Gasteiger partial charge is 0.215 e. The molecule has 6 nitrogen and oxygen atoms in total. The van der Waals surface area contributed by atoms with Crippen molar-refractivity contribution < 1.29 is 17.6 Å². The predicted molar refractivity (Wildman–Crippen MR) is 104 cm³/mol. The molecule has 2 heterocycles. The van der Waals surface area contributed by atoms with Gasteiger partial charge in [0.25, 0.3) is 0 Å². The van der Waals surface area contributed by atoms with E-state index in [-0.39, 0.29) is 5.75 Å². The second-order valence-corrected chi connectivity index (χ2v) is 8.94. The molecule has 1 saturated heterocycles. The number of nitrogens with one attached hydrogen (secondary N) is 1. The van der Waals surface area contributed by atoms with Gasteiger partial charge in [-0.05, 0) is 43.0 Å². The van der Waals surface area contributed by atoms with Gasteiger partial charge < -0.3 is 9.15 Å². The lowest BCUT2D eigenvalue weighted by Gasteiger charge is -2.32. The van der Waals surface area contributed by atoms with Crippen molar-refractivity contribution in [2.75, 3.05) is 26.7 Å². The summed E-state index contributed by atoms with van der Waals surface area (Å²) in [4.78, 5) is 2.33. The van der Waals surface area contributed by atoms with E-state index in [2.05, 4.69) is 9.62 Å². The van der Waals surface area contributed by atoms with E-state index in [1.165, 1.54) is 0 Å². The molecule has 2 aromatic rings. The minimum absolute atomic E-state index is 0.0267. The number of rotatable bonds is 9. The van der Waals surface area contributed by atoms with Crippen molar-refractivity contribution in [3.63, 3.8) is 0 Å². The Morgan fingerprint density at radius 1 is 1.19 bits per heavy atom. The molecule has 27 heavy (non-hydrogen) atoms. The van der Waals surface area contributed by atoms with Gasteiger partial charge in [-0.25, -0.2) is 13.1 Å². The van der Waals surface area contributed by atoms with Crippen molar-refractivity contribution >= 4 is 10.0 Å². The van der Waals surface area contributed by atoms with Crippen LogP contribution >= 0.6 is 0 Å². The van der Waals surface area contributed by atoms with Gasteiger partial charge in [0.05, 0.1) is 12.3 Å². The highest BCUT2D eigenvalue weighted by Gasteiger charge is 2.22. The van der Waals surface area contributed by atoms with Crippen LogP contribution in [0.5, 0.6) is 0 Å². The first-order valence-corrected chi connectivity index (χ1v) is 11.0. The van der Waals surface area contributed by atoms with Crippen LogP contribution in [0.3, 0.4) is 0 Å². The van der Waals surface area contributed by atoms with Crippen molar-refractivity contribution in [2.45, 2.75) is 31.7 Å². The first kappa shape index (κ1) is 20.1. The average molecular weight is 393 g/mol. The van der Waals surface area contributed by atoms with Crippen LogP contribution in [0.1, 0.15) is 29.9 Å². The van der Waals surface area contributed by atoms with Gasteiger partial charge >= 0.3 is 0 Å². The Morgan fingerprint density at radius 3 is 2.74 bits per heavy atom. The average Bonchev–Trinajstić information content (AvgIpc) is 3.08. The number of likely N-dealkylation sites (tertiary alicyclic amines) is 1. The standard InChI is InChI=1S/C20H28N2O4S/c1-25-15-20-10-9-19(26-20)14-22-11-5-8-18(13-22)12-21-27(23,24)16-17-6-3-2-4-7-17/h2-4,6-7,9-10,18,21H,5,8,11-16H2,1H3/t18-/m1/s1. The van der Waals surface area contributed by atoms with Crippen molar-refractivity contribution in [3.8, 4) is 0 Å². The summed E-state index contributed by atoms with van der Waals surface area (Å²) in [7, 11) is -1.67. The fourth-order valence-electron chi connectivity index (χ4n) is 3.50. The molecule has 0 aliphatic carbocycles. The molecule has 0 unspecified atom stereocenters. The molecule has 1 aromatic carbocycles. The van der Waals surface area contributed by atoms with Crippen LogP contribution in [-0.2, 0) is 33.7 Å². The van der Waals surface area contributed by atoms with Gasteiger partial charge in [0.1, 0.15) is 18.1 Å². The summed E-state index contributed by atoms with van der Waals surface area (Å²) in [6.07, 6.45) is 2.11. The molecule has 0 amide bonds. The van der Waals surface area contributed by atoms with Gasteiger partial charge in [-0.3, -0.25) is 4.90 Å². The topological polar surface area (TPSA) is 71.8 Å². The zero-order valence-corrected chi connectivity index (χ0v) is 16.6. The number of sulfonamides is 1. The molecule has 1 N–H and O–H groups in total. The molecule has 0 saturated carbocycles. The summed E-state index contributed by atoms with van der Waals surface area (Å²) < 4.78 is 38.3. The number of methoxy groups -OCH3 is 1. The fraction of sp³-hybridized carbons (Fsp3) is 0.500. The number of ether oxygens (including phenoxy) is 1. The van der Waals surface area contributed by atoms with E-state index in [9.17, 15) is 8.42 Å². The van der Waals surface area contributed by atoms with E-state index in [4.69, 9.17) is 9.15 Å². The van der Waals surface area contributed by atoms with Gasteiger partial charge in [-0.2, -0.15) is 0 Å². The third-order valence-corrected chi connectivity index (χ3v) is 6.10. The normalized spacial score (nSPS) is 18.6. The molecule has 0 radical (unpaired) electrons. The summed E-state index contributed by atoms with van der Waals surface area (Å²) in [5.74, 6) is 2.10. The zero-order chi connectivity index (χ0) is 19.1. The Kier molecular flexibility index (Phi) is 7.07. The molecular formula is C20H28N2O4S. The van der Waals surface area contributed by atoms with Crippen LogP contribution in [0.2, 0.25) is 0 Å². The number of furan rings is 1. The van der Waals surface area contributed by atoms with Crippen LogP contribution in [0.25, 0.3) is 0 Å². The molecule has 1 aliphatic heterocycles. The third-order valence-electron chi connectivity index (χ3n) is 4.78. The van der Waals surface area contributed by atoms with Crippen molar-refractivity contribution in [1.82, 2.24) is 9.62 Å². The molecular weight excluding hydrogens is 364 g/mol. The fourth-order valence-corrected chi connectivity index (χ4v) is 4.72. The SMILES string of the molecule is COCc1ccc(CN2CCC[C@H](CNS(=O)(=O)Cc3ccccc3)C2)o1. The lowest BCUT2D eigenvalue weighted by atomic mass is 9.98. The lowest BCUT2D eigenvalue weighted by Crippen LogP contribution is -2.40. The van der Waals surface area contributed by atoms with Gasteiger partial charge in [0.15, 0.2) is 0 Å². The van der Waals surface area contributed by atoms with Crippen LogP contribution in [0.4, 0.5) is 0 Å². The second-order valence-electron chi connectivity index (χ2n) is 7.14. The number of hydrogen-bond donors (Lipinski definition) is 1. The predicted octanol–water partition coefficient (Wildman–Crippen LogP) is 2.76. The van der Waals surface area contributed by atoms with Gasteiger partial charge in [0, 0.05) is 20.2 Å². The van der Waals surface area contributed by atoms with E-state index in [1.807, 2.05) is 42.5 Å². The van der Waals surface area contributed by atoms with Crippen LogP contribution < -0.4 is 4.72 Å². The maximum atomic E-state index is 12.3. The highest BCUT2D eigenvalue weighted by atomic mass is 32.2. The first-order chi connectivity index (χ1) is 13.0. The highest BCUT2D eigenvalue weighted by Crippen LogP contribution is 2.20.